The van der Waals surface area contributed by atoms with E-state index in [4.69, 9.17) is 5.14 Å². The van der Waals surface area contributed by atoms with Crippen molar-refractivity contribution in [3.05, 3.63) is 6.33 Å². The van der Waals surface area contributed by atoms with E-state index in [0.29, 0.717) is 0 Å². The Hall–Kier alpha value is -0.950. The highest BCUT2D eigenvalue weighted by Crippen LogP contribution is 1.96. The number of hydrogen-bond acceptors (Lipinski definition) is 4. The lowest BCUT2D eigenvalue weighted by Crippen LogP contribution is -2.16. The number of aryl methyl sites for hydroxylation is 1. The van der Waals surface area contributed by atoms with Crippen LogP contribution in [0.3, 0.4) is 0 Å². The molecule has 2 N–H and O–H groups in total. The molecular formula is C3H6N4O2S. The Morgan fingerprint density at radius 2 is 2.30 bits per heavy atom. The van der Waals surface area contributed by atoms with E-state index in [9.17, 15) is 8.42 Å². The minimum Gasteiger partial charge on any atom is -0.306 e. The SMILES string of the molecule is Cn1cnnc1S(N)(=O)=O. The minimum absolute atomic E-state index is 0.229. The van der Waals surface area contributed by atoms with Gasteiger partial charge in [0.15, 0.2) is 0 Å². The summed E-state index contributed by atoms with van der Waals surface area (Å²) in [6.07, 6.45) is 1.26. The van der Waals surface area contributed by atoms with Crippen molar-refractivity contribution >= 4 is 10.0 Å². The molecule has 0 saturated heterocycles. The number of primary sulfonamides is 1. The Balaban J connectivity index is 3.32. The molecule has 0 atom stereocenters. The van der Waals surface area contributed by atoms with Crippen molar-refractivity contribution in [2.45, 2.75) is 5.16 Å². The van der Waals surface area contributed by atoms with E-state index in [1.54, 1.807) is 0 Å². The van der Waals surface area contributed by atoms with Gasteiger partial charge >= 0.3 is 0 Å². The molecule has 1 aromatic rings. The maximum absolute atomic E-state index is 10.6. The smallest absolute Gasteiger partial charge is 0.273 e. The van der Waals surface area contributed by atoms with Crippen LogP contribution in [0.1, 0.15) is 0 Å². The Kier molecular flexibility index (Phi) is 1.45. The first-order valence-corrected chi connectivity index (χ1v) is 3.93. The average molecular weight is 162 g/mol. The first kappa shape index (κ1) is 7.16. The van der Waals surface area contributed by atoms with Gasteiger partial charge in [-0.15, -0.1) is 10.2 Å². The summed E-state index contributed by atoms with van der Waals surface area (Å²) < 4.78 is 22.4. The fourth-order valence-electron chi connectivity index (χ4n) is 0.530. The third-order valence-electron chi connectivity index (χ3n) is 0.924. The maximum Gasteiger partial charge on any atom is 0.273 e. The van der Waals surface area contributed by atoms with Gasteiger partial charge in [-0.25, -0.2) is 13.6 Å². The van der Waals surface area contributed by atoms with E-state index < -0.39 is 10.0 Å². The van der Waals surface area contributed by atoms with Crippen LogP contribution in [-0.4, -0.2) is 23.2 Å². The van der Waals surface area contributed by atoms with Gasteiger partial charge in [0.05, 0.1) is 0 Å². The molecule has 0 aliphatic heterocycles. The molecule has 0 aliphatic rings. The molecule has 0 amide bonds. The molecule has 6 nitrogen and oxygen atoms in total. The first-order chi connectivity index (χ1) is 4.52. The van der Waals surface area contributed by atoms with E-state index in [2.05, 4.69) is 10.2 Å². The van der Waals surface area contributed by atoms with Crippen LogP contribution in [0.25, 0.3) is 0 Å². The van der Waals surface area contributed by atoms with E-state index in [1.807, 2.05) is 0 Å². The van der Waals surface area contributed by atoms with Crippen molar-refractivity contribution in [1.82, 2.24) is 14.8 Å². The highest BCUT2D eigenvalue weighted by Gasteiger charge is 2.13. The van der Waals surface area contributed by atoms with Crippen molar-refractivity contribution in [2.24, 2.45) is 12.2 Å². The molecule has 1 aromatic heterocycles. The van der Waals surface area contributed by atoms with E-state index in [-0.39, 0.29) is 5.16 Å². The Labute approximate surface area is 57.7 Å². The first-order valence-electron chi connectivity index (χ1n) is 2.38. The van der Waals surface area contributed by atoms with Crippen molar-refractivity contribution in [1.29, 1.82) is 0 Å². The molecule has 1 heterocycles. The van der Waals surface area contributed by atoms with Crippen molar-refractivity contribution in [3.8, 4) is 0 Å². The molecule has 56 valence electrons. The maximum atomic E-state index is 10.6. The predicted molar refractivity (Wildman–Crippen MR) is 32.4 cm³/mol. The molecular weight excluding hydrogens is 156 g/mol. The standard InChI is InChI=1S/C3H6N4O2S/c1-7-2-5-6-3(7)10(4,8)9/h2H,1H3,(H2,4,8,9). The third-order valence-corrected chi connectivity index (χ3v) is 1.80. The van der Waals surface area contributed by atoms with Gasteiger partial charge in [-0.05, 0) is 0 Å². The summed E-state index contributed by atoms with van der Waals surface area (Å²) in [4.78, 5) is 0. The van der Waals surface area contributed by atoms with E-state index in [0.717, 1.165) is 0 Å². The molecule has 0 bridgehead atoms. The normalized spacial score (nSPS) is 11.8. The molecule has 0 fully saturated rings. The molecule has 7 heteroatoms. The van der Waals surface area contributed by atoms with Crippen LogP contribution in [-0.2, 0) is 17.1 Å². The highest BCUT2D eigenvalue weighted by molar-refractivity contribution is 7.89. The van der Waals surface area contributed by atoms with Gasteiger partial charge in [-0.1, -0.05) is 0 Å². The zero-order valence-corrected chi connectivity index (χ0v) is 6.04. The average Bonchev–Trinajstić information content (AvgIpc) is 2.11. The quantitative estimate of drug-likeness (QED) is 0.542. The van der Waals surface area contributed by atoms with E-state index >= 15 is 0 Å². The number of nitrogens with two attached hydrogens (primary N) is 1. The second-order valence-electron chi connectivity index (χ2n) is 1.77. The fraction of sp³-hybridized carbons (Fsp3) is 0.333. The van der Waals surface area contributed by atoms with Gasteiger partial charge in [0.25, 0.3) is 15.2 Å². The van der Waals surface area contributed by atoms with Crippen LogP contribution in [0, 0.1) is 0 Å². The molecule has 0 radical (unpaired) electrons. The molecule has 1 rings (SSSR count). The van der Waals surface area contributed by atoms with Crippen LogP contribution in [0.2, 0.25) is 0 Å². The van der Waals surface area contributed by atoms with Crippen LogP contribution in [0.4, 0.5) is 0 Å². The Bertz CT molecular complexity index is 326. The summed E-state index contributed by atoms with van der Waals surface area (Å²) in [5.41, 5.74) is 0. The molecule has 0 spiro atoms. The van der Waals surface area contributed by atoms with Gasteiger partial charge in [0.2, 0.25) is 0 Å². The van der Waals surface area contributed by atoms with Crippen molar-refractivity contribution in [2.75, 3.05) is 0 Å². The lowest BCUT2D eigenvalue weighted by molar-refractivity contribution is 0.580. The van der Waals surface area contributed by atoms with Gasteiger partial charge < -0.3 is 4.57 Å². The molecule has 0 unspecified atom stereocenters. The highest BCUT2D eigenvalue weighted by atomic mass is 32.2. The van der Waals surface area contributed by atoms with Crippen LogP contribution in [0.15, 0.2) is 11.5 Å². The van der Waals surface area contributed by atoms with Crippen LogP contribution in [0.5, 0.6) is 0 Å². The molecule has 0 saturated carbocycles. The van der Waals surface area contributed by atoms with Crippen LogP contribution >= 0.6 is 0 Å². The molecule has 10 heavy (non-hydrogen) atoms. The second kappa shape index (κ2) is 2.03. The zero-order chi connectivity index (χ0) is 7.78. The summed E-state index contributed by atoms with van der Waals surface area (Å²) in [6, 6.07) is 0. The third kappa shape index (κ3) is 1.14. The predicted octanol–water partition coefficient (Wildman–Crippen LogP) is -1.54. The summed E-state index contributed by atoms with van der Waals surface area (Å²) in [6.45, 7) is 0. The number of aromatic nitrogens is 3. The largest absolute Gasteiger partial charge is 0.306 e. The minimum atomic E-state index is -3.70. The Morgan fingerprint density at radius 3 is 2.50 bits per heavy atom. The van der Waals surface area contributed by atoms with Gasteiger partial charge in [0.1, 0.15) is 6.33 Å². The second-order valence-corrected chi connectivity index (χ2v) is 3.22. The van der Waals surface area contributed by atoms with Crippen molar-refractivity contribution in [3.63, 3.8) is 0 Å². The summed E-state index contributed by atoms with van der Waals surface area (Å²) in [5, 5.41) is 11.2. The molecule has 0 aliphatic carbocycles. The monoisotopic (exact) mass is 162 g/mol. The summed E-state index contributed by atoms with van der Waals surface area (Å²) >= 11 is 0. The van der Waals surface area contributed by atoms with Gasteiger partial charge in [0, 0.05) is 7.05 Å². The zero-order valence-electron chi connectivity index (χ0n) is 5.22. The molecule has 0 aromatic carbocycles. The van der Waals surface area contributed by atoms with Gasteiger partial charge in [-0.2, -0.15) is 0 Å². The lowest BCUT2D eigenvalue weighted by Gasteiger charge is -1.93. The fourth-order valence-corrected chi connectivity index (χ4v) is 1.14. The lowest BCUT2D eigenvalue weighted by atomic mass is 11.1. The number of nitrogens with zero attached hydrogens (tertiary/aromatic N) is 3. The Morgan fingerprint density at radius 1 is 1.70 bits per heavy atom. The summed E-state index contributed by atoms with van der Waals surface area (Å²) in [5.74, 6) is 0. The van der Waals surface area contributed by atoms with E-state index in [1.165, 1.54) is 17.9 Å². The van der Waals surface area contributed by atoms with Crippen LogP contribution < -0.4 is 5.14 Å². The summed E-state index contributed by atoms with van der Waals surface area (Å²) in [7, 11) is -2.20. The topological polar surface area (TPSA) is 90.9 Å². The van der Waals surface area contributed by atoms with Gasteiger partial charge in [-0.3, -0.25) is 0 Å². The number of rotatable bonds is 1. The number of sulfonamides is 1. The van der Waals surface area contributed by atoms with Crippen molar-refractivity contribution < 1.29 is 8.42 Å². The number of hydrogen-bond donors (Lipinski definition) is 1.